The summed E-state index contributed by atoms with van der Waals surface area (Å²) in [4.78, 5) is 234. The van der Waals surface area contributed by atoms with Crippen molar-refractivity contribution in [2.45, 2.75) is 223 Å². The number of imidazole rings is 1. The number of nitrogens with zero attached hydrogens (tertiary/aromatic N) is 1. The first-order chi connectivity index (χ1) is 58.5. The van der Waals surface area contributed by atoms with Gasteiger partial charge in [0.25, 0.3) is 0 Å². The summed E-state index contributed by atoms with van der Waals surface area (Å²) in [6, 6.07) is -3.50. The lowest BCUT2D eigenvalue weighted by Gasteiger charge is -2.29. The summed E-state index contributed by atoms with van der Waals surface area (Å²) >= 11 is 0. The Morgan fingerprint density at radius 2 is 0.902 bits per heavy atom. The maximum absolute atomic E-state index is 14.7. The number of rotatable bonds is 57. The molecule has 676 valence electrons. The number of nitrogens with one attached hydrogen (secondary N) is 18. The highest BCUT2D eigenvalue weighted by Crippen LogP contribution is 2.23. The maximum atomic E-state index is 14.7. The van der Waals surface area contributed by atoms with E-state index in [1.165, 1.54) is 12.5 Å². The third kappa shape index (κ3) is 34.4. The Balaban J connectivity index is 1.32. The van der Waals surface area contributed by atoms with Crippen molar-refractivity contribution in [1.29, 1.82) is 5.41 Å². The molecule has 13 atom stereocenters. The molecule has 0 saturated carbocycles. The number of primary amides is 1. The quantitative estimate of drug-likeness (QED) is 0.00996. The van der Waals surface area contributed by atoms with Crippen LogP contribution in [0, 0.1) is 23.2 Å². The zero-order valence-electron chi connectivity index (χ0n) is 70.1. The van der Waals surface area contributed by atoms with E-state index in [2.05, 4.69) is 94.4 Å². The fourth-order valence-corrected chi connectivity index (χ4v) is 13.2. The van der Waals surface area contributed by atoms with E-state index < -0.39 is 230 Å². The highest BCUT2D eigenvalue weighted by Gasteiger charge is 2.39. The number of guanidine groups is 1. The van der Waals surface area contributed by atoms with Gasteiger partial charge in [0.1, 0.15) is 73.0 Å². The molecule has 0 bridgehead atoms. The van der Waals surface area contributed by atoms with Gasteiger partial charge in [0.05, 0.1) is 25.5 Å². The summed E-state index contributed by atoms with van der Waals surface area (Å²) in [5.41, 5.74) is 32.0. The number of carboxylic acids is 2. The molecule has 0 aliphatic rings. The Kier molecular flexibility index (Phi) is 42.5. The van der Waals surface area contributed by atoms with Gasteiger partial charge >= 0.3 is 11.9 Å². The molecule has 123 heavy (non-hydrogen) atoms. The van der Waals surface area contributed by atoms with Gasteiger partial charge in [0.2, 0.25) is 82.7 Å². The van der Waals surface area contributed by atoms with Crippen molar-refractivity contribution in [1.82, 2.24) is 94.4 Å². The fourth-order valence-electron chi connectivity index (χ4n) is 13.2. The summed E-state index contributed by atoms with van der Waals surface area (Å²) in [7, 11) is 0. The third-order valence-electron chi connectivity index (χ3n) is 20.2. The molecule has 43 nitrogen and oxygen atoms in total. The Labute approximate surface area is 710 Å². The zero-order chi connectivity index (χ0) is 91.0. The van der Waals surface area contributed by atoms with Crippen LogP contribution < -0.4 is 103 Å². The molecule has 5 rings (SSSR count). The first kappa shape index (κ1) is 101. The summed E-state index contributed by atoms with van der Waals surface area (Å²) in [5.74, 6) is -18.0. The van der Waals surface area contributed by atoms with E-state index in [0.29, 0.717) is 35.7 Å². The number of aromatic nitrogens is 4. The Hall–Kier alpha value is -12.6. The molecule has 0 fully saturated rings. The lowest BCUT2D eigenvalue weighted by molar-refractivity contribution is -0.139. The number of aromatic amines is 3. The van der Waals surface area contributed by atoms with Gasteiger partial charge in [0, 0.05) is 78.3 Å². The van der Waals surface area contributed by atoms with Gasteiger partial charge in [-0.25, -0.2) is 4.98 Å². The molecular weight excluding hydrogens is 1600 g/mol. The number of unbranched alkanes of at least 4 members (excludes halogenated alkanes) is 2. The Bertz CT molecular complexity index is 4400. The van der Waals surface area contributed by atoms with Crippen LogP contribution in [0.15, 0.2) is 73.4 Å². The number of H-pyrrole nitrogens is 3. The highest BCUT2D eigenvalue weighted by molar-refractivity contribution is 6.01. The predicted molar refractivity (Wildman–Crippen MR) is 450 cm³/mol. The molecule has 0 saturated heterocycles. The monoisotopic (exact) mass is 1720 g/mol. The fraction of sp³-hybridized carbons (Fsp3) is 0.550. The van der Waals surface area contributed by atoms with Crippen molar-refractivity contribution >= 4 is 122 Å². The number of hydrogen-bond acceptors (Lipinski definition) is 22. The summed E-state index contributed by atoms with van der Waals surface area (Å²) in [5, 5.41) is 74.5. The van der Waals surface area contributed by atoms with Gasteiger partial charge in [-0.1, -0.05) is 84.4 Å². The van der Waals surface area contributed by atoms with Crippen molar-refractivity contribution in [2.75, 3.05) is 39.3 Å². The van der Waals surface area contributed by atoms with Crippen molar-refractivity contribution in [3.8, 4) is 0 Å². The highest BCUT2D eigenvalue weighted by atomic mass is 16.4. The number of aliphatic hydroxyl groups is 1. The van der Waals surface area contributed by atoms with Crippen LogP contribution in [-0.2, 0) is 96.0 Å². The van der Waals surface area contributed by atoms with E-state index in [-0.39, 0.29) is 95.5 Å². The molecule has 5 aromatic rings. The SMILES string of the molecule is CC[C@H](C)[C@H](NC(=O)[C@H](Cc1c[nH]c2ccccc12)NC(=O)[C@H](CCC(=O)O)NC(=O)[C@H](CC(C)C)NC(=O)[C@H](CCCNC(=N)N)NC(=O)[C@H](CCCCN)NC(=O)CNC(=O)[C@H](Cc1cnc[nH]1)NC(=O)[C@H](CO)NC(=O)[C@H](CCC(N)=O)NC(=O)[C@H](CCCCN)NC(=O)[C@@H](NC(=O)[C@@H](N)Cc1c[nH]c2ccccc12)C(C)C)C(=O)NCC(=O)O. The first-order valence-corrected chi connectivity index (χ1v) is 41.0. The van der Waals surface area contributed by atoms with Gasteiger partial charge in [-0.05, 0) is 131 Å². The van der Waals surface area contributed by atoms with Crippen LogP contribution >= 0.6 is 0 Å². The maximum Gasteiger partial charge on any atom is 0.322 e. The largest absolute Gasteiger partial charge is 0.481 e. The average Bonchev–Trinajstić information content (AvgIpc) is 1.68. The number of para-hydroxylation sites is 2. The molecule has 0 radical (unpaired) electrons. The molecular formula is C80H122N24O19. The number of carbonyl (C=O) groups excluding carboxylic acids is 14. The topological polar surface area (TPSA) is 716 Å². The lowest BCUT2D eigenvalue weighted by atomic mass is 9.97. The van der Waals surface area contributed by atoms with Crippen LogP contribution in [0.4, 0.5) is 0 Å². The van der Waals surface area contributed by atoms with Gasteiger partial charge in [-0.3, -0.25) is 82.1 Å². The van der Waals surface area contributed by atoms with Crippen LogP contribution in [0.5, 0.6) is 0 Å². The molecule has 3 heterocycles. The number of aliphatic carboxylic acids is 2. The van der Waals surface area contributed by atoms with E-state index in [9.17, 15) is 92.0 Å². The zero-order valence-corrected chi connectivity index (χ0v) is 70.1. The number of benzene rings is 2. The number of hydrogen-bond donors (Lipinski definition) is 26. The number of fused-ring (bicyclic) bond motifs is 2. The minimum Gasteiger partial charge on any atom is -0.481 e. The Morgan fingerprint density at radius 1 is 0.455 bits per heavy atom. The molecule has 0 aliphatic carbocycles. The van der Waals surface area contributed by atoms with E-state index in [1.807, 2.05) is 24.3 Å². The molecule has 0 unspecified atom stereocenters. The average molecular weight is 1720 g/mol. The third-order valence-corrected chi connectivity index (χ3v) is 20.2. The minimum absolute atomic E-state index is 0.00964. The second kappa shape index (κ2) is 51.9. The first-order valence-electron chi connectivity index (χ1n) is 41.0. The molecule has 14 amide bonds. The molecule has 43 heteroatoms. The van der Waals surface area contributed by atoms with Crippen LogP contribution in [0.25, 0.3) is 21.8 Å². The molecule has 2 aromatic carbocycles. The van der Waals surface area contributed by atoms with E-state index in [0.717, 1.165) is 16.5 Å². The molecule has 0 aliphatic heterocycles. The van der Waals surface area contributed by atoms with Crippen molar-refractivity contribution in [2.24, 2.45) is 46.4 Å². The van der Waals surface area contributed by atoms with Crippen LogP contribution in [0.2, 0.25) is 0 Å². The second-order valence-electron chi connectivity index (χ2n) is 30.9. The molecule has 3 aromatic heterocycles. The van der Waals surface area contributed by atoms with Crippen molar-refractivity contribution in [3.05, 3.63) is 90.3 Å². The van der Waals surface area contributed by atoms with E-state index >= 15 is 0 Å². The number of amides is 14. The summed E-state index contributed by atoms with van der Waals surface area (Å²) in [6.07, 6.45) is 4.34. The minimum atomic E-state index is -1.88. The lowest BCUT2D eigenvalue weighted by Crippen LogP contribution is -2.61. The summed E-state index contributed by atoms with van der Waals surface area (Å²) in [6.45, 7) is 7.67. The van der Waals surface area contributed by atoms with E-state index in [4.69, 9.17) is 34.1 Å². The molecule has 31 N–H and O–H groups in total. The number of carboxylic acid groups (broad SMARTS) is 2. The van der Waals surface area contributed by atoms with Crippen LogP contribution in [-0.4, -0.2) is 248 Å². The second-order valence-corrected chi connectivity index (χ2v) is 30.9. The normalized spacial score (nSPS) is 14.4. The van der Waals surface area contributed by atoms with E-state index in [1.54, 1.807) is 78.2 Å². The van der Waals surface area contributed by atoms with Gasteiger partial charge < -0.3 is 133 Å². The number of aliphatic hydroxyl groups excluding tert-OH is 1. The van der Waals surface area contributed by atoms with Gasteiger partial charge in [-0.15, -0.1) is 0 Å². The molecule has 0 spiro atoms. The smallest absolute Gasteiger partial charge is 0.322 e. The standard InChI is InChI=1S/C80H122N24O19/c1-7-44(6)67(78(122)92-39-65(110)111)104-76(120)59(33-46-36-90-52-20-11-9-18-49(46)52)100-73(117)57(25-27-64(108)109)97-75(119)58(31-42(2)3)99-72(116)55(23-16-30-88-80(85)86)95-70(114)53(21-12-14-28-81)94-63(107)38-91-69(113)60(34-47-37-87-41-93-47)101-77(121)61(40-105)102-74(118)56(24-26-62(84)106)96-71(115)54(22-13-15-29-82)98-79(123)66(43(4)5)103-68(112)50(83)32-45-35-89-51-19-10-8-17-48(45)51/h8-11,17-20,35-37,41-44,50,53-61,66-67,89-90,105H,7,12-16,21-34,38-40,81-83H2,1-6H3,(H2,84,106)(H,87,93)(H,91,113)(H,92,122)(H,94,107)(H,95,114)(H,96,115)(H,97,119)(H,98,123)(H,99,116)(H,100,117)(H,101,121)(H,102,118)(H,103,112)(H,104,120)(H,108,109)(H,110,111)(H4,85,86,88)/t44-,50-,53-,54-,55-,56-,57-,58-,59-,60-,61-,66-,67-/m0/s1. The Morgan fingerprint density at radius 3 is 1.39 bits per heavy atom. The van der Waals surface area contributed by atoms with Crippen LogP contribution in [0.1, 0.15) is 148 Å². The van der Waals surface area contributed by atoms with Crippen LogP contribution in [0.3, 0.4) is 0 Å². The van der Waals surface area contributed by atoms with Crippen molar-refractivity contribution in [3.63, 3.8) is 0 Å². The number of carbonyl (C=O) groups is 16. The van der Waals surface area contributed by atoms with Gasteiger partial charge in [0.15, 0.2) is 5.96 Å². The van der Waals surface area contributed by atoms with Gasteiger partial charge in [-0.2, -0.15) is 0 Å². The number of nitrogens with two attached hydrogens (primary N) is 5. The predicted octanol–water partition coefficient (Wildman–Crippen LogP) is -4.23. The van der Waals surface area contributed by atoms with Crippen molar-refractivity contribution < 1.29 is 92.0 Å². The summed E-state index contributed by atoms with van der Waals surface area (Å²) < 4.78 is 0.